The first-order valence-corrected chi connectivity index (χ1v) is 9.92. The number of aliphatic hydroxyl groups is 1. The van der Waals surface area contributed by atoms with E-state index in [1.807, 2.05) is 19.1 Å². The molecule has 0 radical (unpaired) electrons. The van der Waals surface area contributed by atoms with Crippen LogP contribution < -0.4 is 5.32 Å². The largest absolute Gasteiger partial charge is 0.386 e. The number of benzene rings is 1. The number of hydrogen-bond donors (Lipinski definition) is 4. The smallest absolute Gasteiger partial charge is 0.144 e. The SMILES string of the molecule is CC(=N)/C(C)=C1\C(=N)Sc2c(NCc3ccc(C(C)(C)O)cc3Cl)ncnc21. The number of allylic oxidation sites excluding steroid dienone is 1. The van der Waals surface area contributed by atoms with Gasteiger partial charge in [0.2, 0.25) is 0 Å². The molecule has 0 saturated carbocycles. The van der Waals surface area contributed by atoms with Gasteiger partial charge in [-0.1, -0.05) is 35.5 Å². The molecule has 2 heterocycles. The fourth-order valence-electron chi connectivity index (χ4n) is 2.82. The van der Waals surface area contributed by atoms with Gasteiger partial charge in [0.05, 0.1) is 16.2 Å². The van der Waals surface area contributed by atoms with E-state index in [-0.39, 0.29) is 0 Å². The minimum Gasteiger partial charge on any atom is -0.386 e. The van der Waals surface area contributed by atoms with Gasteiger partial charge in [-0.2, -0.15) is 0 Å². The topological polar surface area (TPSA) is 106 Å². The zero-order valence-electron chi connectivity index (χ0n) is 16.1. The van der Waals surface area contributed by atoms with Crippen LogP contribution in [0.5, 0.6) is 0 Å². The normalized spacial score (nSPS) is 15.4. The van der Waals surface area contributed by atoms with Crippen molar-refractivity contribution >= 4 is 45.5 Å². The summed E-state index contributed by atoms with van der Waals surface area (Å²) in [5.74, 6) is 0.632. The first kappa shape index (κ1) is 20.5. The number of nitrogens with one attached hydrogen (secondary N) is 3. The molecule has 0 unspecified atom stereocenters. The van der Waals surface area contributed by atoms with Crippen LogP contribution in [0.1, 0.15) is 44.5 Å². The van der Waals surface area contributed by atoms with Crippen LogP contribution in [0.15, 0.2) is 35.0 Å². The molecule has 0 aliphatic carbocycles. The average molecular weight is 416 g/mol. The van der Waals surface area contributed by atoms with E-state index in [0.717, 1.165) is 21.6 Å². The summed E-state index contributed by atoms with van der Waals surface area (Å²) in [5, 5.41) is 30.5. The first-order chi connectivity index (χ1) is 13.1. The lowest BCUT2D eigenvalue weighted by Gasteiger charge is -2.19. The number of nitrogens with zero attached hydrogens (tertiary/aromatic N) is 2. The molecule has 0 amide bonds. The van der Waals surface area contributed by atoms with Gasteiger partial charge in [0.15, 0.2) is 0 Å². The fourth-order valence-corrected chi connectivity index (χ4v) is 4.10. The monoisotopic (exact) mass is 415 g/mol. The summed E-state index contributed by atoms with van der Waals surface area (Å²) in [6.07, 6.45) is 1.46. The molecule has 4 N–H and O–H groups in total. The van der Waals surface area contributed by atoms with Gasteiger partial charge in [0.1, 0.15) is 17.2 Å². The molecular weight excluding hydrogens is 394 g/mol. The molecule has 8 heteroatoms. The van der Waals surface area contributed by atoms with Gasteiger partial charge in [-0.3, -0.25) is 5.41 Å². The van der Waals surface area contributed by atoms with E-state index >= 15 is 0 Å². The highest BCUT2D eigenvalue weighted by atomic mass is 35.5. The van der Waals surface area contributed by atoms with Crippen molar-refractivity contribution in [2.75, 3.05) is 5.32 Å². The molecular formula is C20H22ClN5OS. The summed E-state index contributed by atoms with van der Waals surface area (Å²) < 4.78 is 0. The Hall–Kier alpha value is -2.22. The second-order valence-electron chi connectivity index (χ2n) is 7.17. The molecule has 146 valence electrons. The molecule has 0 bridgehead atoms. The number of fused-ring (bicyclic) bond motifs is 1. The molecule has 1 aliphatic heterocycles. The number of halogens is 1. The van der Waals surface area contributed by atoms with Crippen LogP contribution in [0.25, 0.3) is 5.57 Å². The van der Waals surface area contributed by atoms with Crippen molar-refractivity contribution in [1.82, 2.24) is 9.97 Å². The number of hydrogen-bond acceptors (Lipinski definition) is 7. The maximum atomic E-state index is 10.1. The third-order valence-corrected chi connectivity index (χ3v) is 5.97. The minimum atomic E-state index is -0.951. The Morgan fingerprint density at radius 2 is 2.00 bits per heavy atom. The Labute approximate surface area is 173 Å². The maximum Gasteiger partial charge on any atom is 0.144 e. The lowest BCUT2D eigenvalue weighted by Crippen LogP contribution is -2.15. The van der Waals surface area contributed by atoms with E-state index in [4.69, 9.17) is 22.4 Å². The molecule has 0 fully saturated rings. The van der Waals surface area contributed by atoms with Crippen molar-refractivity contribution in [2.24, 2.45) is 0 Å². The van der Waals surface area contributed by atoms with Crippen molar-refractivity contribution in [3.63, 3.8) is 0 Å². The zero-order valence-corrected chi connectivity index (χ0v) is 17.7. The van der Waals surface area contributed by atoms with Crippen molar-refractivity contribution in [2.45, 2.75) is 44.7 Å². The van der Waals surface area contributed by atoms with E-state index in [9.17, 15) is 5.11 Å². The van der Waals surface area contributed by atoms with Crippen LogP contribution in [0.2, 0.25) is 5.02 Å². The predicted molar refractivity (Wildman–Crippen MR) is 116 cm³/mol. The van der Waals surface area contributed by atoms with E-state index < -0.39 is 5.60 Å². The van der Waals surface area contributed by atoms with Crippen molar-refractivity contribution in [3.05, 3.63) is 51.9 Å². The van der Waals surface area contributed by atoms with E-state index in [1.54, 1.807) is 26.8 Å². The maximum absolute atomic E-state index is 10.1. The van der Waals surface area contributed by atoms with Gasteiger partial charge in [-0.25, -0.2) is 9.97 Å². The molecule has 2 aromatic rings. The molecule has 1 aromatic carbocycles. The van der Waals surface area contributed by atoms with Crippen molar-refractivity contribution in [1.29, 1.82) is 10.8 Å². The minimum absolute atomic E-state index is 0.371. The first-order valence-electron chi connectivity index (χ1n) is 8.73. The average Bonchev–Trinajstić information content (AvgIpc) is 2.95. The lowest BCUT2D eigenvalue weighted by molar-refractivity contribution is 0.0786. The van der Waals surface area contributed by atoms with Crippen LogP contribution in [-0.4, -0.2) is 25.8 Å². The quantitative estimate of drug-likeness (QED) is 0.521. The number of rotatable bonds is 5. The van der Waals surface area contributed by atoms with Crippen molar-refractivity contribution in [3.8, 4) is 0 Å². The molecule has 0 saturated heterocycles. The van der Waals surface area contributed by atoms with Gasteiger partial charge < -0.3 is 15.8 Å². The molecule has 6 nitrogen and oxygen atoms in total. The second-order valence-corrected chi connectivity index (χ2v) is 8.60. The Balaban J connectivity index is 1.88. The summed E-state index contributed by atoms with van der Waals surface area (Å²) in [7, 11) is 0. The predicted octanol–water partition coefficient (Wildman–Crippen LogP) is 4.87. The van der Waals surface area contributed by atoms with Gasteiger partial charge in [0, 0.05) is 22.9 Å². The van der Waals surface area contributed by atoms with Crippen LogP contribution in [0, 0.1) is 10.8 Å². The number of aromatic nitrogens is 2. The van der Waals surface area contributed by atoms with Gasteiger partial charge in [-0.15, -0.1) is 0 Å². The van der Waals surface area contributed by atoms with Crippen LogP contribution in [0.4, 0.5) is 5.82 Å². The highest BCUT2D eigenvalue weighted by Gasteiger charge is 2.29. The summed E-state index contributed by atoms with van der Waals surface area (Å²) in [4.78, 5) is 9.46. The third kappa shape index (κ3) is 3.97. The molecule has 0 spiro atoms. The summed E-state index contributed by atoms with van der Waals surface area (Å²) in [6, 6.07) is 5.51. The molecule has 1 aliphatic rings. The Kier molecular flexibility index (Phi) is 5.61. The van der Waals surface area contributed by atoms with Gasteiger partial charge >= 0.3 is 0 Å². The number of thioether (sulfide) groups is 1. The van der Waals surface area contributed by atoms with E-state index in [1.165, 1.54) is 18.1 Å². The lowest BCUT2D eigenvalue weighted by atomic mass is 9.97. The number of anilines is 1. The Morgan fingerprint density at radius 1 is 1.29 bits per heavy atom. The van der Waals surface area contributed by atoms with Gasteiger partial charge in [0.25, 0.3) is 0 Å². The molecule has 28 heavy (non-hydrogen) atoms. The van der Waals surface area contributed by atoms with Crippen molar-refractivity contribution < 1.29 is 5.11 Å². The fraction of sp³-hybridized carbons (Fsp3) is 0.300. The molecule has 3 rings (SSSR count). The standard InChI is InChI=1S/C20H22ClN5OS/c1-10(11(2)22)15-16-17(28-18(15)23)19(26-9-25-16)24-8-12-5-6-13(7-14(12)21)20(3,4)27/h5-7,9,22-23,27H,8H2,1-4H3,(H,24,25,26)/b15-10-,22-11?,23-18?. The molecule has 0 atom stereocenters. The van der Waals surface area contributed by atoms with Gasteiger partial charge in [-0.05, 0) is 50.5 Å². The van der Waals surface area contributed by atoms with Crippen LogP contribution in [0.3, 0.4) is 0 Å². The highest BCUT2D eigenvalue weighted by Crippen LogP contribution is 2.44. The van der Waals surface area contributed by atoms with E-state index in [0.29, 0.717) is 39.4 Å². The summed E-state index contributed by atoms with van der Waals surface area (Å²) in [5.41, 5.74) is 3.20. The molecule has 1 aromatic heterocycles. The second kappa shape index (κ2) is 7.66. The summed E-state index contributed by atoms with van der Waals surface area (Å²) in [6.45, 7) is 7.43. The van der Waals surface area contributed by atoms with E-state index in [2.05, 4.69) is 15.3 Å². The van der Waals surface area contributed by atoms with Crippen LogP contribution in [-0.2, 0) is 12.1 Å². The Bertz CT molecular complexity index is 1010. The Morgan fingerprint density at radius 3 is 2.61 bits per heavy atom. The summed E-state index contributed by atoms with van der Waals surface area (Å²) >= 11 is 7.68. The van der Waals surface area contributed by atoms with Crippen LogP contribution >= 0.6 is 23.4 Å². The zero-order chi connectivity index (χ0) is 20.6. The highest BCUT2D eigenvalue weighted by molar-refractivity contribution is 8.15. The third-order valence-electron chi connectivity index (χ3n) is 4.62.